The molecule has 106 valence electrons. The van der Waals surface area contributed by atoms with E-state index in [2.05, 4.69) is 55.5 Å². The lowest BCUT2D eigenvalue weighted by molar-refractivity contribution is 0.190. The summed E-state index contributed by atoms with van der Waals surface area (Å²) in [5.74, 6) is 1.44. The van der Waals surface area contributed by atoms with Crippen molar-refractivity contribution >= 4 is 15.9 Å². The van der Waals surface area contributed by atoms with Gasteiger partial charge in [-0.3, -0.25) is 4.90 Å². The molecule has 1 aliphatic rings. The third kappa shape index (κ3) is 3.08. The maximum Gasteiger partial charge on any atom is 0.231 e. The minimum Gasteiger partial charge on any atom is -0.339 e. The largest absolute Gasteiger partial charge is 0.339 e. The molecule has 0 radical (unpaired) electrons. The minimum absolute atomic E-state index is 0.200. The molecule has 3 rings (SSSR count). The molecule has 0 spiro atoms. The molecule has 1 fully saturated rings. The first kappa shape index (κ1) is 13.7. The molecule has 0 bridgehead atoms. The van der Waals surface area contributed by atoms with Crippen molar-refractivity contribution in [3.8, 4) is 0 Å². The number of halogens is 1. The molecule has 1 aromatic carbocycles. The van der Waals surface area contributed by atoms with Crippen molar-refractivity contribution in [1.29, 1.82) is 0 Å². The van der Waals surface area contributed by atoms with Gasteiger partial charge in [0.15, 0.2) is 5.82 Å². The first-order chi connectivity index (χ1) is 9.72. The Kier molecular flexibility index (Phi) is 4.14. The predicted molar refractivity (Wildman–Crippen MR) is 79.5 cm³/mol. The van der Waals surface area contributed by atoms with Crippen LogP contribution in [0.2, 0.25) is 0 Å². The summed E-state index contributed by atoms with van der Waals surface area (Å²) in [5.41, 5.74) is 1.17. The summed E-state index contributed by atoms with van der Waals surface area (Å²) in [7, 11) is 2.09. The summed E-state index contributed by atoms with van der Waals surface area (Å²) in [4.78, 5) is 6.79. The van der Waals surface area contributed by atoms with Gasteiger partial charge in [0.05, 0.1) is 12.5 Å². The molecule has 1 saturated heterocycles. The second kappa shape index (κ2) is 6.03. The monoisotopic (exact) mass is 336 g/mol. The van der Waals surface area contributed by atoms with Crippen molar-refractivity contribution in [3.05, 3.63) is 46.0 Å². The van der Waals surface area contributed by atoms with E-state index in [1.807, 2.05) is 12.1 Å². The summed E-state index contributed by atoms with van der Waals surface area (Å²) in [6.07, 6.45) is 0.671. The number of piperazine rings is 1. The van der Waals surface area contributed by atoms with Crippen molar-refractivity contribution in [3.63, 3.8) is 0 Å². The maximum absolute atomic E-state index is 5.37. The van der Waals surface area contributed by atoms with Gasteiger partial charge in [-0.05, 0) is 24.7 Å². The van der Waals surface area contributed by atoms with E-state index in [1.54, 1.807) is 0 Å². The number of hydrogen-bond donors (Lipinski definition) is 1. The van der Waals surface area contributed by atoms with Gasteiger partial charge in [-0.2, -0.15) is 4.98 Å². The van der Waals surface area contributed by atoms with Crippen LogP contribution in [0.1, 0.15) is 23.3 Å². The van der Waals surface area contributed by atoms with E-state index in [0.717, 1.165) is 29.9 Å². The van der Waals surface area contributed by atoms with E-state index >= 15 is 0 Å². The Balaban J connectivity index is 1.71. The first-order valence-electron chi connectivity index (χ1n) is 6.70. The SMILES string of the molecule is CN1CCNCC1c1noc(Cc2ccc(Br)cc2)n1. The standard InChI is InChI=1S/C14H17BrN4O/c1-19-7-6-16-9-12(19)14-17-13(20-18-14)8-10-2-4-11(15)5-3-10/h2-5,12,16H,6-9H2,1H3. The van der Waals surface area contributed by atoms with Gasteiger partial charge in [0.2, 0.25) is 5.89 Å². The summed E-state index contributed by atoms with van der Waals surface area (Å²) in [6, 6.07) is 8.35. The normalized spacial score (nSPS) is 20.2. The zero-order chi connectivity index (χ0) is 13.9. The average Bonchev–Trinajstić information content (AvgIpc) is 2.90. The van der Waals surface area contributed by atoms with Crippen LogP contribution in [0.25, 0.3) is 0 Å². The summed E-state index contributed by atoms with van der Waals surface area (Å²) >= 11 is 3.43. The molecule has 0 saturated carbocycles. The Labute approximate surface area is 126 Å². The maximum atomic E-state index is 5.37. The van der Waals surface area contributed by atoms with E-state index in [-0.39, 0.29) is 6.04 Å². The Bertz CT molecular complexity index is 569. The molecule has 2 aromatic rings. The molecule has 0 aliphatic carbocycles. The third-order valence-corrected chi connectivity index (χ3v) is 4.09. The molecule has 2 heterocycles. The molecule has 1 atom stereocenters. The third-order valence-electron chi connectivity index (χ3n) is 3.56. The van der Waals surface area contributed by atoms with Crippen LogP contribution < -0.4 is 5.32 Å². The van der Waals surface area contributed by atoms with Gasteiger partial charge in [-0.25, -0.2) is 0 Å². The van der Waals surface area contributed by atoms with Gasteiger partial charge in [0, 0.05) is 24.1 Å². The second-order valence-electron chi connectivity index (χ2n) is 5.05. The number of nitrogens with zero attached hydrogens (tertiary/aromatic N) is 3. The highest BCUT2D eigenvalue weighted by atomic mass is 79.9. The van der Waals surface area contributed by atoms with Crippen LogP contribution in [0.15, 0.2) is 33.3 Å². The summed E-state index contributed by atoms with van der Waals surface area (Å²) < 4.78 is 6.44. The van der Waals surface area contributed by atoms with Crippen molar-refractivity contribution in [2.24, 2.45) is 0 Å². The number of benzene rings is 1. The zero-order valence-electron chi connectivity index (χ0n) is 11.3. The summed E-state index contributed by atoms with van der Waals surface area (Å²) in [6.45, 7) is 2.88. The van der Waals surface area contributed by atoms with Crippen LogP contribution in [0, 0.1) is 0 Å². The van der Waals surface area contributed by atoms with E-state index < -0.39 is 0 Å². The van der Waals surface area contributed by atoms with Crippen LogP contribution in [-0.4, -0.2) is 41.7 Å². The highest BCUT2D eigenvalue weighted by molar-refractivity contribution is 9.10. The molecular formula is C14H17BrN4O. The molecule has 6 heteroatoms. The number of likely N-dealkylation sites (N-methyl/N-ethyl adjacent to an activating group) is 1. The number of rotatable bonds is 3. The Morgan fingerprint density at radius 1 is 1.40 bits per heavy atom. The number of aromatic nitrogens is 2. The second-order valence-corrected chi connectivity index (χ2v) is 5.97. The van der Waals surface area contributed by atoms with Crippen LogP contribution in [0.5, 0.6) is 0 Å². The highest BCUT2D eigenvalue weighted by Gasteiger charge is 2.25. The lowest BCUT2D eigenvalue weighted by Gasteiger charge is -2.30. The zero-order valence-corrected chi connectivity index (χ0v) is 12.9. The van der Waals surface area contributed by atoms with Gasteiger partial charge in [0.25, 0.3) is 0 Å². The van der Waals surface area contributed by atoms with Crippen LogP contribution in [0.3, 0.4) is 0 Å². The summed E-state index contributed by atoms with van der Waals surface area (Å²) in [5, 5.41) is 7.49. The fourth-order valence-corrected chi connectivity index (χ4v) is 2.61. The first-order valence-corrected chi connectivity index (χ1v) is 7.49. The van der Waals surface area contributed by atoms with Gasteiger partial charge in [-0.15, -0.1) is 0 Å². The van der Waals surface area contributed by atoms with Crippen molar-refractivity contribution in [2.75, 3.05) is 26.7 Å². The molecule has 0 amide bonds. The Morgan fingerprint density at radius 3 is 2.95 bits per heavy atom. The van der Waals surface area contributed by atoms with E-state index in [1.165, 1.54) is 5.56 Å². The average molecular weight is 337 g/mol. The molecule has 5 nitrogen and oxygen atoms in total. The smallest absolute Gasteiger partial charge is 0.231 e. The topological polar surface area (TPSA) is 54.2 Å². The van der Waals surface area contributed by atoms with Crippen molar-refractivity contribution < 1.29 is 4.52 Å². The minimum atomic E-state index is 0.200. The fraction of sp³-hybridized carbons (Fsp3) is 0.429. The highest BCUT2D eigenvalue weighted by Crippen LogP contribution is 2.19. The number of hydrogen-bond acceptors (Lipinski definition) is 5. The quantitative estimate of drug-likeness (QED) is 0.929. The van der Waals surface area contributed by atoms with Crippen LogP contribution in [-0.2, 0) is 6.42 Å². The predicted octanol–water partition coefficient (Wildman–Crippen LogP) is 2.00. The van der Waals surface area contributed by atoms with E-state index in [0.29, 0.717) is 12.3 Å². The fourth-order valence-electron chi connectivity index (χ4n) is 2.35. The van der Waals surface area contributed by atoms with Gasteiger partial charge in [-0.1, -0.05) is 33.2 Å². The molecule has 1 aliphatic heterocycles. The van der Waals surface area contributed by atoms with Crippen LogP contribution >= 0.6 is 15.9 Å². The van der Waals surface area contributed by atoms with Crippen molar-refractivity contribution in [2.45, 2.75) is 12.5 Å². The Morgan fingerprint density at radius 2 is 2.20 bits per heavy atom. The Hall–Kier alpha value is -1.24. The van der Waals surface area contributed by atoms with E-state index in [9.17, 15) is 0 Å². The van der Waals surface area contributed by atoms with Gasteiger partial charge >= 0.3 is 0 Å². The van der Waals surface area contributed by atoms with Crippen LogP contribution in [0.4, 0.5) is 0 Å². The lowest BCUT2D eigenvalue weighted by Crippen LogP contribution is -2.44. The van der Waals surface area contributed by atoms with E-state index in [4.69, 9.17) is 4.52 Å². The molecule has 1 N–H and O–H groups in total. The molecular weight excluding hydrogens is 320 g/mol. The molecule has 1 unspecified atom stereocenters. The number of nitrogens with one attached hydrogen (secondary N) is 1. The molecule has 20 heavy (non-hydrogen) atoms. The molecule has 1 aromatic heterocycles. The van der Waals surface area contributed by atoms with Gasteiger partial charge in [0.1, 0.15) is 0 Å². The lowest BCUT2D eigenvalue weighted by atomic mass is 10.1. The van der Waals surface area contributed by atoms with Crippen molar-refractivity contribution in [1.82, 2.24) is 20.4 Å². The van der Waals surface area contributed by atoms with Gasteiger partial charge < -0.3 is 9.84 Å².